The van der Waals surface area contributed by atoms with Crippen molar-refractivity contribution in [2.75, 3.05) is 13.1 Å². The summed E-state index contributed by atoms with van der Waals surface area (Å²) in [6, 6.07) is 1.74. The molecule has 1 amide bonds. The minimum absolute atomic E-state index is 0.0418. The largest absolute Gasteiger partial charge is 0.469 e. The van der Waals surface area contributed by atoms with Gasteiger partial charge < -0.3 is 15.1 Å². The molecule has 2 rings (SSSR count). The van der Waals surface area contributed by atoms with Crippen LogP contribution in [0.5, 0.6) is 0 Å². The Morgan fingerprint density at radius 3 is 2.81 bits per heavy atom. The van der Waals surface area contributed by atoms with E-state index in [-0.39, 0.29) is 11.4 Å². The summed E-state index contributed by atoms with van der Waals surface area (Å²) in [5, 5.41) is 0. The molecule has 0 aliphatic carbocycles. The third-order valence-corrected chi connectivity index (χ3v) is 3.30. The van der Waals surface area contributed by atoms with Gasteiger partial charge in [-0.25, -0.2) is 0 Å². The fraction of sp³-hybridized carbons (Fsp3) is 0.583. The first-order valence-electron chi connectivity index (χ1n) is 5.74. The van der Waals surface area contributed by atoms with E-state index < -0.39 is 0 Å². The van der Waals surface area contributed by atoms with Crippen LogP contribution in [0.3, 0.4) is 0 Å². The van der Waals surface area contributed by atoms with Crippen LogP contribution < -0.4 is 5.73 Å². The maximum absolute atomic E-state index is 12.1. The molecule has 1 fully saturated rings. The zero-order valence-electron chi connectivity index (χ0n) is 9.82. The maximum Gasteiger partial charge on any atom is 0.257 e. The molecule has 0 aromatic carbocycles. The summed E-state index contributed by atoms with van der Waals surface area (Å²) in [7, 11) is 0. The fourth-order valence-electron chi connectivity index (χ4n) is 2.06. The van der Waals surface area contributed by atoms with E-state index in [1.54, 1.807) is 17.2 Å². The van der Waals surface area contributed by atoms with Crippen LogP contribution >= 0.6 is 0 Å². The second-order valence-corrected chi connectivity index (χ2v) is 4.49. The summed E-state index contributed by atoms with van der Waals surface area (Å²) < 4.78 is 5.25. The van der Waals surface area contributed by atoms with Crippen molar-refractivity contribution in [3.8, 4) is 0 Å². The maximum atomic E-state index is 12.1. The zero-order valence-corrected chi connectivity index (χ0v) is 9.82. The number of likely N-dealkylation sites (tertiary alicyclic amines) is 1. The molecule has 0 radical (unpaired) electrons. The summed E-state index contributed by atoms with van der Waals surface area (Å²) in [6.07, 6.45) is 3.22. The SMILES string of the molecule is CCc1occc1C(=O)N1CC(N)(CC)C1. The summed E-state index contributed by atoms with van der Waals surface area (Å²) in [5.41, 5.74) is 6.54. The van der Waals surface area contributed by atoms with Gasteiger partial charge in [0.1, 0.15) is 5.76 Å². The summed E-state index contributed by atoms with van der Waals surface area (Å²) in [4.78, 5) is 13.9. The number of hydrogen-bond acceptors (Lipinski definition) is 3. The molecule has 1 saturated heterocycles. The van der Waals surface area contributed by atoms with Crippen LogP contribution in [0.1, 0.15) is 36.4 Å². The van der Waals surface area contributed by atoms with E-state index in [1.165, 1.54) is 0 Å². The molecule has 1 aromatic heterocycles. The third-order valence-electron chi connectivity index (χ3n) is 3.30. The average molecular weight is 222 g/mol. The number of carbonyl (C=O) groups is 1. The zero-order chi connectivity index (χ0) is 11.8. The number of rotatable bonds is 3. The highest BCUT2D eigenvalue weighted by atomic mass is 16.3. The lowest BCUT2D eigenvalue weighted by Crippen LogP contribution is -2.68. The van der Waals surface area contributed by atoms with Crippen LogP contribution in [0.4, 0.5) is 0 Å². The van der Waals surface area contributed by atoms with Gasteiger partial charge in [0, 0.05) is 19.5 Å². The second-order valence-electron chi connectivity index (χ2n) is 4.49. The molecule has 1 aliphatic heterocycles. The number of aryl methyl sites for hydroxylation is 1. The molecule has 0 saturated carbocycles. The minimum atomic E-state index is -0.175. The predicted molar refractivity (Wildman–Crippen MR) is 61.2 cm³/mol. The highest BCUT2D eigenvalue weighted by Gasteiger charge is 2.41. The predicted octanol–water partition coefficient (Wildman–Crippen LogP) is 1.41. The Bertz CT molecular complexity index is 391. The van der Waals surface area contributed by atoms with Crippen molar-refractivity contribution in [3.63, 3.8) is 0 Å². The van der Waals surface area contributed by atoms with Crippen LogP contribution in [-0.4, -0.2) is 29.4 Å². The van der Waals surface area contributed by atoms with Crippen molar-refractivity contribution < 1.29 is 9.21 Å². The number of furan rings is 1. The quantitative estimate of drug-likeness (QED) is 0.841. The van der Waals surface area contributed by atoms with E-state index >= 15 is 0 Å². The fourth-order valence-corrected chi connectivity index (χ4v) is 2.06. The lowest BCUT2D eigenvalue weighted by molar-refractivity contribution is 0.0399. The molecule has 1 aromatic rings. The molecule has 16 heavy (non-hydrogen) atoms. The number of nitrogens with two attached hydrogens (primary N) is 1. The van der Waals surface area contributed by atoms with Crippen LogP contribution in [0.15, 0.2) is 16.7 Å². The minimum Gasteiger partial charge on any atom is -0.469 e. The smallest absolute Gasteiger partial charge is 0.257 e. The molecule has 0 atom stereocenters. The van der Waals surface area contributed by atoms with E-state index in [0.29, 0.717) is 18.7 Å². The lowest BCUT2D eigenvalue weighted by Gasteiger charge is -2.47. The number of nitrogens with zero attached hydrogens (tertiary/aromatic N) is 1. The van der Waals surface area contributed by atoms with Gasteiger partial charge in [0.05, 0.1) is 17.4 Å². The van der Waals surface area contributed by atoms with Crippen molar-refractivity contribution in [1.29, 1.82) is 0 Å². The first kappa shape index (κ1) is 11.2. The Morgan fingerprint density at radius 1 is 1.56 bits per heavy atom. The molecule has 0 spiro atoms. The standard InChI is InChI=1S/C12H18N2O2/c1-3-10-9(5-6-16-10)11(15)14-7-12(13,4-2)8-14/h5-6H,3-4,7-8,13H2,1-2H3. The number of amides is 1. The van der Waals surface area contributed by atoms with Gasteiger partial charge in [-0.3, -0.25) is 4.79 Å². The summed E-state index contributed by atoms with van der Waals surface area (Å²) in [5.74, 6) is 0.802. The molecule has 0 unspecified atom stereocenters. The molecule has 88 valence electrons. The topological polar surface area (TPSA) is 59.5 Å². The number of carbonyl (C=O) groups excluding carboxylic acids is 1. The molecular weight excluding hydrogens is 204 g/mol. The van der Waals surface area contributed by atoms with Crippen molar-refractivity contribution in [2.24, 2.45) is 5.73 Å². The highest BCUT2D eigenvalue weighted by Crippen LogP contribution is 2.25. The normalized spacial score (nSPS) is 18.3. The molecular formula is C12H18N2O2. The van der Waals surface area contributed by atoms with Gasteiger partial charge in [0.2, 0.25) is 0 Å². The molecule has 4 nitrogen and oxygen atoms in total. The third kappa shape index (κ3) is 1.73. The van der Waals surface area contributed by atoms with E-state index in [0.717, 1.165) is 18.6 Å². The van der Waals surface area contributed by atoms with Gasteiger partial charge >= 0.3 is 0 Å². The van der Waals surface area contributed by atoms with Gasteiger partial charge in [-0.05, 0) is 12.5 Å². The van der Waals surface area contributed by atoms with Crippen LogP contribution in [0.25, 0.3) is 0 Å². The Hall–Kier alpha value is -1.29. The van der Waals surface area contributed by atoms with Crippen LogP contribution in [0, 0.1) is 0 Å². The molecule has 4 heteroatoms. The molecule has 1 aliphatic rings. The first-order valence-corrected chi connectivity index (χ1v) is 5.74. The lowest BCUT2D eigenvalue weighted by atomic mass is 9.88. The van der Waals surface area contributed by atoms with E-state index in [4.69, 9.17) is 10.2 Å². The van der Waals surface area contributed by atoms with Gasteiger partial charge in [-0.15, -0.1) is 0 Å². The van der Waals surface area contributed by atoms with E-state index in [2.05, 4.69) is 6.92 Å². The first-order chi connectivity index (χ1) is 7.59. The average Bonchev–Trinajstić information content (AvgIpc) is 2.71. The van der Waals surface area contributed by atoms with Gasteiger partial charge in [0.25, 0.3) is 5.91 Å². The highest BCUT2D eigenvalue weighted by molar-refractivity contribution is 5.95. The van der Waals surface area contributed by atoms with Crippen molar-refractivity contribution in [2.45, 2.75) is 32.2 Å². The van der Waals surface area contributed by atoms with Crippen molar-refractivity contribution >= 4 is 5.91 Å². The second kappa shape index (κ2) is 3.94. The number of hydrogen-bond donors (Lipinski definition) is 1. The van der Waals surface area contributed by atoms with Crippen LogP contribution in [-0.2, 0) is 6.42 Å². The Labute approximate surface area is 95.4 Å². The van der Waals surface area contributed by atoms with Crippen LogP contribution in [0.2, 0.25) is 0 Å². The molecule has 2 heterocycles. The Kier molecular flexibility index (Phi) is 2.76. The van der Waals surface area contributed by atoms with E-state index in [1.807, 2.05) is 6.92 Å². The monoisotopic (exact) mass is 222 g/mol. The van der Waals surface area contributed by atoms with Crippen molar-refractivity contribution in [1.82, 2.24) is 4.90 Å². The summed E-state index contributed by atoms with van der Waals surface area (Å²) in [6.45, 7) is 5.33. The molecule has 2 N–H and O–H groups in total. The van der Waals surface area contributed by atoms with Gasteiger partial charge in [-0.2, -0.15) is 0 Å². The van der Waals surface area contributed by atoms with Gasteiger partial charge in [0.15, 0.2) is 0 Å². The summed E-state index contributed by atoms with van der Waals surface area (Å²) >= 11 is 0. The molecule has 0 bridgehead atoms. The van der Waals surface area contributed by atoms with E-state index in [9.17, 15) is 4.79 Å². The van der Waals surface area contributed by atoms with Crippen molar-refractivity contribution in [3.05, 3.63) is 23.7 Å². The van der Waals surface area contributed by atoms with Gasteiger partial charge in [-0.1, -0.05) is 13.8 Å². The Balaban J connectivity index is 2.05. The Morgan fingerprint density at radius 2 is 2.25 bits per heavy atom.